The Kier molecular flexibility index (Phi) is 4.38. The van der Waals surface area contributed by atoms with Crippen molar-refractivity contribution in [2.45, 2.75) is 19.1 Å². The highest BCUT2D eigenvalue weighted by Gasteiger charge is 2.26. The van der Waals surface area contributed by atoms with Gasteiger partial charge in [0.2, 0.25) is 0 Å². The van der Waals surface area contributed by atoms with E-state index in [0.717, 1.165) is 37.9 Å². The second kappa shape index (κ2) is 6.28. The third-order valence-corrected chi connectivity index (χ3v) is 5.17. The van der Waals surface area contributed by atoms with Crippen molar-refractivity contribution < 1.29 is 9.18 Å². The summed E-state index contributed by atoms with van der Waals surface area (Å²) in [6.45, 7) is 7.75. The molecule has 118 valence electrons. The summed E-state index contributed by atoms with van der Waals surface area (Å²) >= 11 is 1.82. The van der Waals surface area contributed by atoms with Gasteiger partial charge >= 0.3 is 0 Å². The Morgan fingerprint density at radius 3 is 2.55 bits per heavy atom. The van der Waals surface area contributed by atoms with Crippen molar-refractivity contribution in [3.63, 3.8) is 0 Å². The van der Waals surface area contributed by atoms with Crippen LogP contribution in [0.4, 0.5) is 10.1 Å². The number of aliphatic imine (C=N–C) groups is 1. The van der Waals surface area contributed by atoms with E-state index in [2.05, 4.69) is 21.7 Å². The van der Waals surface area contributed by atoms with Gasteiger partial charge in [-0.2, -0.15) is 0 Å². The van der Waals surface area contributed by atoms with Crippen LogP contribution in [0.5, 0.6) is 0 Å². The van der Waals surface area contributed by atoms with Gasteiger partial charge in [0.25, 0.3) is 0 Å². The predicted octanol–water partition coefficient (Wildman–Crippen LogP) is 2.64. The van der Waals surface area contributed by atoms with Gasteiger partial charge in [-0.25, -0.2) is 4.39 Å². The van der Waals surface area contributed by atoms with Crippen molar-refractivity contribution >= 4 is 28.4 Å². The van der Waals surface area contributed by atoms with Crippen LogP contribution in [0.1, 0.15) is 24.2 Å². The fourth-order valence-electron chi connectivity index (χ4n) is 2.90. The number of hydrogen-bond acceptors (Lipinski definition) is 5. The molecule has 1 aromatic carbocycles. The molecule has 1 fully saturated rings. The highest BCUT2D eigenvalue weighted by Crippen LogP contribution is 2.27. The van der Waals surface area contributed by atoms with Gasteiger partial charge in [0.05, 0.1) is 17.8 Å². The van der Waals surface area contributed by atoms with E-state index >= 15 is 0 Å². The zero-order valence-electron chi connectivity index (χ0n) is 12.9. The molecule has 2 aliphatic rings. The molecule has 2 heterocycles. The van der Waals surface area contributed by atoms with Crippen molar-refractivity contribution in [3.05, 3.63) is 29.6 Å². The number of rotatable bonds is 2. The topological polar surface area (TPSA) is 35.9 Å². The number of thioether (sulfide) groups is 1. The average Bonchev–Trinajstić information content (AvgIpc) is 2.93. The van der Waals surface area contributed by atoms with Crippen molar-refractivity contribution in [2.75, 3.05) is 37.6 Å². The van der Waals surface area contributed by atoms with Gasteiger partial charge in [-0.05, 0) is 19.1 Å². The summed E-state index contributed by atoms with van der Waals surface area (Å²) in [5.74, 6) is -0.656. The van der Waals surface area contributed by atoms with Crippen LogP contribution in [0.15, 0.2) is 23.2 Å². The van der Waals surface area contributed by atoms with E-state index in [-0.39, 0.29) is 11.3 Å². The third-order valence-electron chi connectivity index (χ3n) is 4.02. The fourth-order valence-corrected chi connectivity index (χ4v) is 3.89. The number of halogens is 1. The number of piperazine rings is 1. The van der Waals surface area contributed by atoms with Crippen LogP contribution >= 0.6 is 11.8 Å². The summed E-state index contributed by atoms with van der Waals surface area (Å²) in [7, 11) is 0. The van der Waals surface area contributed by atoms with Gasteiger partial charge in [-0.3, -0.25) is 9.79 Å². The first kappa shape index (κ1) is 15.3. The van der Waals surface area contributed by atoms with Crippen molar-refractivity contribution in [3.8, 4) is 0 Å². The SMILES string of the molecule is CC(=O)c1c(F)cccc1N1CCN(C2=NC[C@H](C)S2)CC1. The average molecular weight is 321 g/mol. The van der Waals surface area contributed by atoms with Gasteiger partial charge in [0.1, 0.15) is 5.82 Å². The molecule has 22 heavy (non-hydrogen) atoms. The van der Waals surface area contributed by atoms with Gasteiger partial charge in [-0.1, -0.05) is 24.8 Å². The Labute approximate surface area is 134 Å². The molecule has 0 N–H and O–H groups in total. The first-order chi connectivity index (χ1) is 10.6. The van der Waals surface area contributed by atoms with E-state index in [1.54, 1.807) is 6.07 Å². The first-order valence-corrected chi connectivity index (χ1v) is 8.44. The quantitative estimate of drug-likeness (QED) is 0.785. The molecule has 4 nitrogen and oxygen atoms in total. The lowest BCUT2D eigenvalue weighted by molar-refractivity contribution is 0.101. The lowest BCUT2D eigenvalue weighted by Gasteiger charge is -2.37. The number of anilines is 1. The van der Waals surface area contributed by atoms with Crippen LogP contribution < -0.4 is 4.90 Å². The molecule has 1 aromatic rings. The predicted molar refractivity (Wildman–Crippen MR) is 89.5 cm³/mol. The molecule has 1 saturated heterocycles. The van der Waals surface area contributed by atoms with Crippen molar-refractivity contribution in [2.24, 2.45) is 4.99 Å². The zero-order chi connectivity index (χ0) is 15.7. The second-order valence-electron chi connectivity index (χ2n) is 5.72. The number of carbonyl (C=O) groups is 1. The summed E-state index contributed by atoms with van der Waals surface area (Å²) in [5.41, 5.74) is 0.915. The number of Topliss-reactive ketones (excluding diaryl/α,β-unsaturated/α-hetero) is 1. The Balaban J connectivity index is 1.72. The molecule has 2 aliphatic heterocycles. The first-order valence-electron chi connectivity index (χ1n) is 7.56. The summed E-state index contributed by atoms with van der Waals surface area (Å²) in [4.78, 5) is 20.7. The smallest absolute Gasteiger partial charge is 0.164 e. The minimum absolute atomic E-state index is 0.206. The zero-order valence-corrected chi connectivity index (χ0v) is 13.7. The van der Waals surface area contributed by atoms with E-state index in [1.165, 1.54) is 13.0 Å². The molecule has 0 aliphatic carbocycles. The maximum absolute atomic E-state index is 13.9. The third kappa shape index (κ3) is 2.97. The van der Waals surface area contributed by atoms with Crippen molar-refractivity contribution in [1.29, 1.82) is 0 Å². The molecule has 0 unspecified atom stereocenters. The number of hydrogen-bond donors (Lipinski definition) is 0. The van der Waals surface area contributed by atoms with Crippen LogP contribution in [0.25, 0.3) is 0 Å². The molecule has 0 amide bonds. The Morgan fingerprint density at radius 2 is 1.95 bits per heavy atom. The minimum Gasteiger partial charge on any atom is -0.367 e. The molecule has 0 saturated carbocycles. The van der Waals surface area contributed by atoms with E-state index in [9.17, 15) is 9.18 Å². The Morgan fingerprint density at radius 1 is 1.27 bits per heavy atom. The largest absolute Gasteiger partial charge is 0.367 e. The summed E-state index contributed by atoms with van der Waals surface area (Å²) < 4.78 is 13.9. The summed E-state index contributed by atoms with van der Waals surface area (Å²) in [5, 5.41) is 1.68. The molecular weight excluding hydrogens is 301 g/mol. The van der Waals surface area contributed by atoms with Gasteiger partial charge in [0.15, 0.2) is 11.0 Å². The lowest BCUT2D eigenvalue weighted by Crippen LogP contribution is -2.48. The number of ketones is 1. The monoisotopic (exact) mass is 321 g/mol. The summed E-state index contributed by atoms with van der Waals surface area (Å²) in [6.07, 6.45) is 0. The number of nitrogens with zero attached hydrogens (tertiary/aromatic N) is 3. The lowest BCUT2D eigenvalue weighted by atomic mass is 10.1. The van der Waals surface area contributed by atoms with Crippen molar-refractivity contribution in [1.82, 2.24) is 4.90 Å². The van der Waals surface area contributed by atoms with Crippen LogP contribution in [0, 0.1) is 5.82 Å². The Bertz CT molecular complexity index is 611. The molecule has 1 atom stereocenters. The van der Waals surface area contributed by atoms with E-state index in [1.807, 2.05) is 17.8 Å². The maximum atomic E-state index is 13.9. The molecule has 6 heteroatoms. The highest BCUT2D eigenvalue weighted by molar-refractivity contribution is 8.14. The van der Waals surface area contributed by atoms with E-state index in [0.29, 0.717) is 10.9 Å². The molecule has 0 radical (unpaired) electrons. The Hall–Kier alpha value is -1.56. The van der Waals surface area contributed by atoms with Crippen LogP contribution in [-0.4, -0.2) is 53.8 Å². The van der Waals surface area contributed by atoms with Gasteiger partial charge in [-0.15, -0.1) is 0 Å². The second-order valence-corrected chi connectivity index (χ2v) is 7.12. The summed E-state index contributed by atoms with van der Waals surface area (Å²) in [6, 6.07) is 4.85. The van der Waals surface area contributed by atoms with Gasteiger partial charge in [0, 0.05) is 31.4 Å². The van der Waals surface area contributed by atoms with E-state index in [4.69, 9.17) is 0 Å². The number of carbonyl (C=O) groups excluding carboxylic acids is 1. The van der Waals surface area contributed by atoms with Gasteiger partial charge < -0.3 is 9.80 Å². The molecule has 0 spiro atoms. The van der Waals surface area contributed by atoms with Crippen LogP contribution in [-0.2, 0) is 0 Å². The van der Waals surface area contributed by atoms with Crippen LogP contribution in [0.3, 0.4) is 0 Å². The fraction of sp³-hybridized carbons (Fsp3) is 0.500. The molecule has 3 rings (SSSR count). The molecule has 0 bridgehead atoms. The number of benzene rings is 1. The normalized spacial score (nSPS) is 22.0. The minimum atomic E-state index is -0.433. The number of amidine groups is 1. The molecular formula is C16H20FN3OS. The highest BCUT2D eigenvalue weighted by atomic mass is 32.2. The molecule has 0 aromatic heterocycles. The maximum Gasteiger partial charge on any atom is 0.164 e. The standard InChI is InChI=1S/C16H20FN3OS/c1-11-10-18-16(22-11)20-8-6-19(7-9-20)14-5-3-4-13(17)15(14)12(2)21/h3-5,11H,6-10H2,1-2H3/t11-/m0/s1. The van der Waals surface area contributed by atoms with Crippen LogP contribution in [0.2, 0.25) is 0 Å². The van der Waals surface area contributed by atoms with E-state index < -0.39 is 5.82 Å².